The van der Waals surface area contributed by atoms with Crippen LogP contribution in [0.15, 0.2) is 45.6 Å². The lowest BCUT2D eigenvalue weighted by molar-refractivity contribution is 0.159. The molecule has 3 aromatic rings. The molecule has 0 unspecified atom stereocenters. The maximum atomic E-state index is 14.4. The molecule has 0 aliphatic heterocycles. The fourth-order valence-corrected chi connectivity index (χ4v) is 3.20. The molecule has 0 amide bonds. The molecule has 2 aromatic carbocycles. The minimum absolute atomic E-state index is 0.280. The number of aryl methyl sites for hydroxylation is 1. The molecule has 0 spiro atoms. The molecular weight excluding hydrogens is 373 g/mol. The van der Waals surface area contributed by atoms with Gasteiger partial charge in [-0.05, 0) is 48.4 Å². The van der Waals surface area contributed by atoms with Gasteiger partial charge in [-0.1, -0.05) is 18.2 Å². The van der Waals surface area contributed by atoms with Crippen LogP contribution in [-0.4, -0.2) is 43.3 Å². The Kier molecular flexibility index (Phi) is 6.81. The number of benzene rings is 2. The fraction of sp³-hybridized carbons (Fsp3) is 0.364. The molecular formula is C22H24FN3O3. The highest BCUT2D eigenvalue weighted by molar-refractivity contribution is 5.80. The highest BCUT2D eigenvalue weighted by Crippen LogP contribution is 2.26. The van der Waals surface area contributed by atoms with Crippen LogP contribution >= 0.6 is 0 Å². The molecule has 7 heteroatoms. The molecule has 1 heterocycles. The lowest BCUT2D eigenvalue weighted by atomic mass is 10.0. The topological polar surface area (TPSA) is 71.4 Å². The molecule has 0 N–H and O–H groups in total. The second-order valence-corrected chi connectivity index (χ2v) is 6.96. The summed E-state index contributed by atoms with van der Waals surface area (Å²) in [6.45, 7) is 2.54. The van der Waals surface area contributed by atoms with Crippen LogP contribution in [0.5, 0.6) is 0 Å². The summed E-state index contributed by atoms with van der Waals surface area (Å²) in [5.41, 5.74) is 3.22. The number of hydrogen-bond donors (Lipinski definition) is 0. The van der Waals surface area contributed by atoms with Crippen LogP contribution in [0.2, 0.25) is 0 Å². The molecule has 0 saturated carbocycles. The first kappa shape index (κ1) is 20.8. The van der Waals surface area contributed by atoms with Gasteiger partial charge in [-0.15, -0.1) is 0 Å². The van der Waals surface area contributed by atoms with Gasteiger partial charge < -0.3 is 14.1 Å². The van der Waals surface area contributed by atoms with Crippen molar-refractivity contribution in [3.05, 3.63) is 58.3 Å². The number of rotatable bonds is 9. The molecule has 1 aromatic heterocycles. The van der Waals surface area contributed by atoms with E-state index in [1.54, 1.807) is 23.8 Å². The molecule has 0 saturated heterocycles. The smallest absolute Gasteiger partial charge is 0.408 e. The van der Waals surface area contributed by atoms with Gasteiger partial charge in [0.15, 0.2) is 5.58 Å². The van der Waals surface area contributed by atoms with Gasteiger partial charge in [-0.2, -0.15) is 5.26 Å². The second-order valence-electron chi connectivity index (χ2n) is 6.96. The van der Waals surface area contributed by atoms with E-state index in [0.29, 0.717) is 48.3 Å². The van der Waals surface area contributed by atoms with Crippen molar-refractivity contribution in [3.8, 4) is 17.2 Å². The molecule has 152 valence electrons. The van der Waals surface area contributed by atoms with Crippen LogP contribution in [0.1, 0.15) is 12.0 Å². The number of aromatic nitrogens is 1. The fourth-order valence-electron chi connectivity index (χ4n) is 3.20. The summed E-state index contributed by atoms with van der Waals surface area (Å²) in [4.78, 5) is 14.4. The number of methoxy groups -OCH3 is 1. The predicted octanol–water partition coefficient (Wildman–Crippen LogP) is 3.43. The normalized spacial score (nSPS) is 11.3. The Morgan fingerprint density at radius 2 is 1.97 bits per heavy atom. The van der Waals surface area contributed by atoms with E-state index in [4.69, 9.17) is 14.4 Å². The number of halogens is 1. The molecule has 0 radical (unpaired) electrons. The number of nitriles is 1. The maximum Gasteiger partial charge on any atom is 0.419 e. The number of ether oxygens (including phenoxy) is 1. The zero-order valence-corrected chi connectivity index (χ0v) is 16.7. The Labute approximate surface area is 168 Å². The number of fused-ring (bicyclic) bond motifs is 1. The van der Waals surface area contributed by atoms with Crippen LogP contribution in [-0.2, 0) is 17.7 Å². The maximum absolute atomic E-state index is 14.4. The zero-order chi connectivity index (χ0) is 20.8. The highest BCUT2D eigenvalue weighted by atomic mass is 19.1. The average Bonchev–Trinajstić information content (AvgIpc) is 3.03. The Bertz CT molecular complexity index is 1080. The Hall–Kier alpha value is -2.95. The van der Waals surface area contributed by atoms with Crippen molar-refractivity contribution >= 4 is 11.1 Å². The summed E-state index contributed by atoms with van der Waals surface area (Å²) in [6.07, 6.45) is 0.669. The van der Waals surface area contributed by atoms with Crippen molar-refractivity contribution < 1.29 is 13.5 Å². The summed E-state index contributed by atoms with van der Waals surface area (Å²) < 4.78 is 26.4. The monoisotopic (exact) mass is 397 g/mol. The van der Waals surface area contributed by atoms with E-state index in [1.807, 2.05) is 31.3 Å². The van der Waals surface area contributed by atoms with Crippen molar-refractivity contribution in [3.63, 3.8) is 0 Å². The Balaban J connectivity index is 1.87. The van der Waals surface area contributed by atoms with E-state index in [-0.39, 0.29) is 12.2 Å². The van der Waals surface area contributed by atoms with Crippen LogP contribution in [0.4, 0.5) is 4.39 Å². The standard InChI is InChI=1S/C22H24FN3O3/c1-25(12-13-28-2)10-11-26-20-15-18(7-8-21(20)29-22(26)27)17-6-5-16(4-3-9-24)19(23)14-17/h5-8,14-15H,3-4,10-13H2,1-2H3. The van der Waals surface area contributed by atoms with Crippen LogP contribution in [0.3, 0.4) is 0 Å². The molecule has 0 atom stereocenters. The summed E-state index contributed by atoms with van der Waals surface area (Å²) in [6, 6.07) is 12.4. The van der Waals surface area contributed by atoms with Gasteiger partial charge in [-0.3, -0.25) is 4.57 Å². The Morgan fingerprint density at radius 1 is 1.21 bits per heavy atom. The van der Waals surface area contributed by atoms with Crippen LogP contribution in [0.25, 0.3) is 22.2 Å². The van der Waals surface area contributed by atoms with Gasteiger partial charge in [-0.25, -0.2) is 9.18 Å². The molecule has 0 bridgehead atoms. The first-order valence-electron chi connectivity index (χ1n) is 9.50. The minimum Gasteiger partial charge on any atom is -0.408 e. The Morgan fingerprint density at radius 3 is 2.69 bits per heavy atom. The number of oxazole rings is 1. The van der Waals surface area contributed by atoms with Crippen molar-refractivity contribution in [2.24, 2.45) is 0 Å². The van der Waals surface area contributed by atoms with E-state index >= 15 is 0 Å². The minimum atomic E-state index is -0.407. The second kappa shape index (κ2) is 9.50. The van der Waals surface area contributed by atoms with Crippen molar-refractivity contribution in [2.75, 3.05) is 33.9 Å². The summed E-state index contributed by atoms with van der Waals surface area (Å²) in [5.74, 6) is -0.738. The average molecular weight is 397 g/mol. The van der Waals surface area contributed by atoms with Gasteiger partial charge in [0, 0.05) is 33.2 Å². The highest BCUT2D eigenvalue weighted by Gasteiger charge is 2.12. The molecule has 0 fully saturated rings. The quantitative estimate of drug-likeness (QED) is 0.553. The van der Waals surface area contributed by atoms with E-state index in [0.717, 1.165) is 12.1 Å². The third-order valence-electron chi connectivity index (χ3n) is 4.94. The number of likely N-dealkylation sites (N-methyl/N-ethyl adjacent to an activating group) is 1. The molecule has 29 heavy (non-hydrogen) atoms. The van der Waals surface area contributed by atoms with Crippen molar-refractivity contribution in [2.45, 2.75) is 19.4 Å². The van der Waals surface area contributed by atoms with Gasteiger partial charge in [0.2, 0.25) is 0 Å². The van der Waals surface area contributed by atoms with Crippen LogP contribution < -0.4 is 5.76 Å². The van der Waals surface area contributed by atoms with Crippen LogP contribution in [0, 0.1) is 17.1 Å². The van der Waals surface area contributed by atoms with Gasteiger partial charge in [0.05, 0.1) is 18.2 Å². The zero-order valence-electron chi connectivity index (χ0n) is 16.7. The first-order chi connectivity index (χ1) is 14.0. The third kappa shape index (κ3) is 4.91. The van der Waals surface area contributed by atoms with E-state index < -0.39 is 5.76 Å². The summed E-state index contributed by atoms with van der Waals surface area (Å²) in [7, 11) is 3.62. The van der Waals surface area contributed by atoms with Gasteiger partial charge in [0.1, 0.15) is 5.82 Å². The molecule has 6 nitrogen and oxygen atoms in total. The van der Waals surface area contributed by atoms with Gasteiger partial charge >= 0.3 is 5.76 Å². The lowest BCUT2D eigenvalue weighted by Crippen LogP contribution is -2.29. The summed E-state index contributed by atoms with van der Waals surface area (Å²) in [5, 5.41) is 8.68. The third-order valence-corrected chi connectivity index (χ3v) is 4.94. The van der Waals surface area contributed by atoms with E-state index in [2.05, 4.69) is 4.90 Å². The predicted molar refractivity (Wildman–Crippen MR) is 109 cm³/mol. The van der Waals surface area contributed by atoms with E-state index in [9.17, 15) is 9.18 Å². The number of hydrogen-bond acceptors (Lipinski definition) is 5. The molecule has 0 aliphatic rings. The molecule has 3 rings (SSSR count). The number of nitrogens with zero attached hydrogens (tertiary/aromatic N) is 3. The SMILES string of the molecule is COCCN(C)CCn1c(=O)oc2ccc(-c3ccc(CCC#N)c(F)c3)cc21. The lowest BCUT2D eigenvalue weighted by Gasteiger charge is -2.15. The van der Waals surface area contributed by atoms with E-state index in [1.165, 1.54) is 6.07 Å². The van der Waals surface area contributed by atoms with Crippen molar-refractivity contribution in [1.82, 2.24) is 9.47 Å². The largest absolute Gasteiger partial charge is 0.419 e. The summed E-state index contributed by atoms with van der Waals surface area (Å²) >= 11 is 0. The van der Waals surface area contributed by atoms with Gasteiger partial charge in [0.25, 0.3) is 0 Å². The molecule has 0 aliphatic carbocycles. The first-order valence-corrected chi connectivity index (χ1v) is 9.50. The van der Waals surface area contributed by atoms with Crippen molar-refractivity contribution in [1.29, 1.82) is 5.26 Å².